The summed E-state index contributed by atoms with van der Waals surface area (Å²) in [4.78, 5) is 2.44. The highest BCUT2D eigenvalue weighted by molar-refractivity contribution is 5.97. The van der Waals surface area contributed by atoms with Crippen LogP contribution >= 0.6 is 0 Å². The average Bonchev–Trinajstić information content (AvgIpc) is 3.57. The maximum Gasteiger partial charge on any atom is 0.0468 e. The minimum atomic E-state index is -0.134. The molecule has 0 fully saturated rings. The van der Waals surface area contributed by atoms with Crippen molar-refractivity contribution in [3.05, 3.63) is 248 Å². The topological polar surface area (TPSA) is 3.24 Å². The lowest BCUT2D eigenvalue weighted by atomic mass is 9.82. The lowest BCUT2D eigenvalue weighted by Gasteiger charge is -2.29. The molecule has 294 valence electrons. The first-order valence-corrected chi connectivity index (χ1v) is 21.6. The van der Waals surface area contributed by atoms with Crippen molar-refractivity contribution >= 4 is 27.8 Å². The van der Waals surface area contributed by atoms with E-state index in [9.17, 15) is 0 Å². The summed E-state index contributed by atoms with van der Waals surface area (Å²) in [5, 5.41) is 2.51. The van der Waals surface area contributed by atoms with Crippen LogP contribution in [0.25, 0.3) is 77.5 Å². The molecule has 0 bridgehead atoms. The summed E-state index contributed by atoms with van der Waals surface area (Å²) in [5.74, 6) is 0. The fourth-order valence-electron chi connectivity index (χ4n) is 9.68. The average molecular weight is 792 g/mol. The number of nitrogens with zero attached hydrogens (tertiary/aromatic N) is 1. The molecule has 10 aromatic rings. The first-order chi connectivity index (χ1) is 30.5. The lowest BCUT2D eigenvalue weighted by molar-refractivity contribution is 0.660. The molecule has 0 radical (unpaired) electrons. The van der Waals surface area contributed by atoms with Gasteiger partial charge in [-0.1, -0.05) is 208 Å². The highest BCUT2D eigenvalue weighted by atomic mass is 15.1. The molecule has 0 spiro atoms. The van der Waals surface area contributed by atoms with E-state index in [0.29, 0.717) is 0 Å². The van der Waals surface area contributed by atoms with E-state index >= 15 is 0 Å². The third-order valence-electron chi connectivity index (χ3n) is 12.9. The van der Waals surface area contributed by atoms with Crippen LogP contribution in [0.1, 0.15) is 25.0 Å². The predicted octanol–water partition coefficient (Wildman–Crippen LogP) is 17.0. The minimum Gasteiger partial charge on any atom is -0.310 e. The SMILES string of the molecule is CC1(C)c2ccccc2-c2ccc(N(c3ccc(-c4cccc5ccccc45)cc3)c3ccc(-c4cccc(-c5ccccc5)c4)c(-c4ccc(-c5ccccc5)cc4)c3)cc21. The first-order valence-electron chi connectivity index (χ1n) is 21.6. The summed E-state index contributed by atoms with van der Waals surface area (Å²) in [6, 6.07) is 86.7. The van der Waals surface area contributed by atoms with Gasteiger partial charge in [0.2, 0.25) is 0 Å². The van der Waals surface area contributed by atoms with Crippen LogP contribution < -0.4 is 4.90 Å². The van der Waals surface area contributed by atoms with E-state index in [1.54, 1.807) is 0 Å². The number of rotatable bonds is 8. The van der Waals surface area contributed by atoms with Crippen LogP contribution in [0.3, 0.4) is 0 Å². The van der Waals surface area contributed by atoms with Crippen molar-refractivity contribution in [1.29, 1.82) is 0 Å². The third kappa shape index (κ3) is 6.60. The second-order valence-corrected chi connectivity index (χ2v) is 16.9. The number of hydrogen-bond donors (Lipinski definition) is 0. The number of fused-ring (bicyclic) bond motifs is 4. The summed E-state index contributed by atoms with van der Waals surface area (Å²) < 4.78 is 0. The zero-order chi connectivity index (χ0) is 41.6. The quantitative estimate of drug-likeness (QED) is 0.148. The molecule has 0 unspecified atom stereocenters. The molecule has 0 amide bonds. The molecule has 0 aliphatic heterocycles. The molecule has 0 N–H and O–H groups in total. The Balaban J connectivity index is 1.09. The van der Waals surface area contributed by atoms with Gasteiger partial charge in [-0.2, -0.15) is 0 Å². The van der Waals surface area contributed by atoms with Gasteiger partial charge in [-0.15, -0.1) is 0 Å². The molecule has 0 aromatic heterocycles. The smallest absolute Gasteiger partial charge is 0.0468 e. The second-order valence-electron chi connectivity index (χ2n) is 16.9. The Labute approximate surface area is 364 Å². The van der Waals surface area contributed by atoms with Crippen LogP contribution in [0.4, 0.5) is 17.1 Å². The standard InChI is InChI=1S/C61H45N/c1-61(2)59-26-12-11-24-56(59)57-38-36-52(41-60(57)61)62(50-33-31-46(32-34-50)54-25-14-20-45-19-9-10-23-53(45)54)51-35-37-55(49-22-13-21-48(39-49)43-17-7-4-8-18-43)58(40-51)47-29-27-44(28-30-47)42-15-5-3-6-16-42/h3-41H,1-2H3. The fraction of sp³-hybridized carbons (Fsp3) is 0.0492. The highest BCUT2D eigenvalue weighted by Crippen LogP contribution is 2.51. The summed E-state index contributed by atoms with van der Waals surface area (Å²) >= 11 is 0. The van der Waals surface area contributed by atoms with Crippen molar-refractivity contribution in [3.63, 3.8) is 0 Å². The number of hydrogen-bond acceptors (Lipinski definition) is 1. The van der Waals surface area contributed by atoms with Crippen molar-refractivity contribution < 1.29 is 0 Å². The second kappa shape index (κ2) is 15.4. The molecular weight excluding hydrogens is 747 g/mol. The maximum absolute atomic E-state index is 2.44. The van der Waals surface area contributed by atoms with Gasteiger partial charge >= 0.3 is 0 Å². The summed E-state index contributed by atoms with van der Waals surface area (Å²) in [7, 11) is 0. The third-order valence-corrected chi connectivity index (χ3v) is 12.9. The van der Waals surface area contributed by atoms with Crippen LogP contribution in [-0.2, 0) is 5.41 Å². The van der Waals surface area contributed by atoms with E-state index in [1.807, 2.05) is 0 Å². The molecule has 1 heteroatoms. The van der Waals surface area contributed by atoms with Crippen molar-refractivity contribution in [2.75, 3.05) is 4.90 Å². The van der Waals surface area contributed by atoms with Gasteiger partial charge < -0.3 is 4.90 Å². The van der Waals surface area contributed by atoms with Gasteiger partial charge in [-0.25, -0.2) is 0 Å². The molecule has 1 aliphatic rings. The zero-order valence-corrected chi connectivity index (χ0v) is 35.0. The van der Waals surface area contributed by atoms with Gasteiger partial charge in [0.25, 0.3) is 0 Å². The van der Waals surface area contributed by atoms with Gasteiger partial charge in [-0.3, -0.25) is 0 Å². The van der Waals surface area contributed by atoms with Gasteiger partial charge in [0, 0.05) is 22.5 Å². The Bertz CT molecular complexity index is 3230. The monoisotopic (exact) mass is 791 g/mol. The van der Waals surface area contributed by atoms with E-state index in [2.05, 4.69) is 255 Å². The molecule has 0 saturated carbocycles. The molecular formula is C61H45N. The molecule has 10 aromatic carbocycles. The minimum absolute atomic E-state index is 0.134. The van der Waals surface area contributed by atoms with Crippen molar-refractivity contribution in [2.24, 2.45) is 0 Å². The van der Waals surface area contributed by atoms with Crippen molar-refractivity contribution in [3.8, 4) is 66.8 Å². The van der Waals surface area contributed by atoms with E-state index in [0.717, 1.165) is 17.1 Å². The Kier molecular flexibility index (Phi) is 9.24. The molecule has 1 aliphatic carbocycles. The zero-order valence-electron chi connectivity index (χ0n) is 35.0. The summed E-state index contributed by atoms with van der Waals surface area (Å²) in [6.45, 7) is 4.72. The Morgan fingerprint density at radius 1 is 0.274 bits per heavy atom. The van der Waals surface area contributed by atoms with Gasteiger partial charge in [0.1, 0.15) is 0 Å². The fourth-order valence-corrected chi connectivity index (χ4v) is 9.68. The molecule has 0 atom stereocenters. The van der Waals surface area contributed by atoms with Crippen LogP contribution in [0.2, 0.25) is 0 Å². The lowest BCUT2D eigenvalue weighted by Crippen LogP contribution is -2.16. The molecule has 11 rings (SSSR count). The van der Waals surface area contributed by atoms with E-state index in [1.165, 1.54) is 88.7 Å². The Hall–Kier alpha value is -7.74. The molecule has 0 saturated heterocycles. The van der Waals surface area contributed by atoms with E-state index < -0.39 is 0 Å². The van der Waals surface area contributed by atoms with Crippen LogP contribution in [0.15, 0.2) is 237 Å². The van der Waals surface area contributed by atoms with Crippen LogP contribution in [0.5, 0.6) is 0 Å². The molecule has 62 heavy (non-hydrogen) atoms. The summed E-state index contributed by atoms with van der Waals surface area (Å²) in [5.41, 5.74) is 20.5. The normalized spacial score (nSPS) is 12.5. The van der Waals surface area contributed by atoms with Gasteiger partial charge in [-0.05, 0) is 131 Å². The van der Waals surface area contributed by atoms with Crippen LogP contribution in [-0.4, -0.2) is 0 Å². The summed E-state index contributed by atoms with van der Waals surface area (Å²) in [6.07, 6.45) is 0. The van der Waals surface area contributed by atoms with Crippen molar-refractivity contribution in [2.45, 2.75) is 19.3 Å². The van der Waals surface area contributed by atoms with Gasteiger partial charge in [0.05, 0.1) is 0 Å². The van der Waals surface area contributed by atoms with Gasteiger partial charge in [0.15, 0.2) is 0 Å². The Morgan fingerprint density at radius 2 is 0.758 bits per heavy atom. The first kappa shape index (κ1) is 37.3. The molecule has 1 nitrogen and oxygen atoms in total. The largest absolute Gasteiger partial charge is 0.310 e. The van der Waals surface area contributed by atoms with E-state index in [4.69, 9.17) is 0 Å². The predicted molar refractivity (Wildman–Crippen MR) is 263 cm³/mol. The highest BCUT2D eigenvalue weighted by Gasteiger charge is 2.35. The number of benzene rings is 10. The van der Waals surface area contributed by atoms with Crippen molar-refractivity contribution in [1.82, 2.24) is 0 Å². The Morgan fingerprint density at radius 3 is 1.53 bits per heavy atom. The maximum atomic E-state index is 2.44. The van der Waals surface area contributed by atoms with E-state index in [-0.39, 0.29) is 5.41 Å². The van der Waals surface area contributed by atoms with Crippen LogP contribution in [0, 0.1) is 0 Å². The number of anilines is 3. The molecule has 0 heterocycles.